The van der Waals surface area contributed by atoms with Crippen LogP contribution in [0.3, 0.4) is 0 Å². The lowest BCUT2D eigenvalue weighted by Gasteiger charge is -2.37. The molecule has 0 spiro atoms. The quantitative estimate of drug-likeness (QED) is 0.741. The molecule has 2 aliphatic rings. The van der Waals surface area contributed by atoms with Gasteiger partial charge in [0, 0.05) is 11.1 Å². The Balaban J connectivity index is 2.16. The second-order valence-corrected chi connectivity index (χ2v) is 12.3. The summed E-state index contributed by atoms with van der Waals surface area (Å²) in [5.41, 5.74) is 2.04. The van der Waals surface area contributed by atoms with Gasteiger partial charge < -0.3 is 10.2 Å². The number of rotatable bonds is 2. The van der Waals surface area contributed by atoms with Crippen molar-refractivity contribution < 1.29 is 23.8 Å². The lowest BCUT2D eigenvalue weighted by atomic mass is 9.86. The second kappa shape index (κ2) is 6.61. The Morgan fingerprint density at radius 1 is 1.10 bits per heavy atom. The van der Waals surface area contributed by atoms with E-state index in [1.807, 2.05) is 0 Å². The summed E-state index contributed by atoms with van der Waals surface area (Å²) in [4.78, 5) is 12.1. The average Bonchev–Trinajstić information content (AvgIpc) is 2.68. The lowest BCUT2D eigenvalue weighted by Crippen LogP contribution is -2.49. The van der Waals surface area contributed by atoms with Crippen LogP contribution in [0.1, 0.15) is 22.3 Å². The summed E-state index contributed by atoms with van der Waals surface area (Å²) >= 11 is 0. The molecular weight excluding hydrogens is 390 g/mol. The molecule has 0 bridgehead atoms. The highest BCUT2D eigenvalue weighted by molar-refractivity contribution is 6.98. The molecule has 0 amide bonds. The summed E-state index contributed by atoms with van der Waals surface area (Å²) in [6.07, 6.45) is 4.68. The molecule has 148 valence electrons. The van der Waals surface area contributed by atoms with Crippen LogP contribution in [-0.2, 0) is 11.4 Å². The maximum atomic E-state index is 15.2. The Bertz CT molecular complexity index is 1170. The van der Waals surface area contributed by atoms with Gasteiger partial charge in [-0.1, -0.05) is 25.2 Å². The summed E-state index contributed by atoms with van der Waals surface area (Å²) in [5, 5.41) is 21.1. The van der Waals surface area contributed by atoms with Crippen molar-refractivity contribution in [1.29, 1.82) is 0 Å². The monoisotopic (exact) mass is 410 g/mol. The number of phenols is 1. The van der Waals surface area contributed by atoms with Crippen molar-refractivity contribution in [2.45, 2.75) is 26.6 Å². The predicted molar refractivity (Wildman–Crippen MR) is 110 cm³/mol. The Morgan fingerprint density at radius 3 is 2.52 bits per heavy atom. The van der Waals surface area contributed by atoms with Crippen LogP contribution in [0.15, 0.2) is 53.3 Å². The predicted octanol–water partition coefficient (Wildman–Crippen LogP) is 3.81. The van der Waals surface area contributed by atoms with Crippen molar-refractivity contribution in [3.63, 3.8) is 0 Å². The lowest BCUT2D eigenvalue weighted by molar-refractivity contribution is -0.110. The van der Waals surface area contributed by atoms with Crippen molar-refractivity contribution in [2.75, 3.05) is 0 Å². The third-order valence-corrected chi connectivity index (χ3v) is 9.35. The molecule has 0 aromatic heterocycles. The van der Waals surface area contributed by atoms with Gasteiger partial charge in [0.05, 0.1) is 6.61 Å². The van der Waals surface area contributed by atoms with Gasteiger partial charge in [0.1, 0.15) is 25.5 Å². The number of carbonyl (C=O) groups excluding carboxylic acids is 1. The number of phenolic OH excluding ortho intramolecular Hbond substituents is 1. The Morgan fingerprint density at radius 2 is 1.83 bits per heavy atom. The molecule has 1 heterocycles. The molecule has 0 unspecified atom stereocenters. The number of aliphatic hydroxyl groups excluding tert-OH is 1. The summed E-state index contributed by atoms with van der Waals surface area (Å²) in [6, 6.07) is 5.93. The number of aromatic hydroxyl groups is 1. The molecule has 6 heteroatoms. The molecule has 0 fully saturated rings. The van der Waals surface area contributed by atoms with Crippen LogP contribution in [0, 0.1) is 18.6 Å². The van der Waals surface area contributed by atoms with Gasteiger partial charge in [-0.25, -0.2) is 8.78 Å². The zero-order valence-electron chi connectivity index (χ0n) is 16.3. The molecule has 1 aliphatic carbocycles. The van der Waals surface area contributed by atoms with E-state index in [2.05, 4.69) is 13.1 Å². The Hall–Kier alpha value is -2.83. The van der Waals surface area contributed by atoms with Crippen LogP contribution in [0.2, 0.25) is 13.1 Å². The van der Waals surface area contributed by atoms with Gasteiger partial charge in [0.25, 0.3) is 0 Å². The number of aliphatic hydroxyl groups is 1. The number of hydrogen-bond donors (Lipinski definition) is 2. The first-order chi connectivity index (χ1) is 13.7. The number of benzene rings is 2. The first-order valence-electron chi connectivity index (χ1n) is 9.28. The largest absolute Gasteiger partial charge is 0.508 e. The highest BCUT2D eigenvalue weighted by Gasteiger charge is 2.41. The molecule has 3 nitrogen and oxygen atoms in total. The summed E-state index contributed by atoms with van der Waals surface area (Å²) in [6.45, 7) is 5.02. The number of fused-ring (bicyclic) bond motifs is 2. The number of ketones is 1. The van der Waals surface area contributed by atoms with E-state index in [0.29, 0.717) is 11.1 Å². The third-order valence-electron chi connectivity index (χ3n) is 5.83. The van der Waals surface area contributed by atoms with E-state index in [1.54, 1.807) is 24.3 Å². The molecule has 0 radical (unpaired) electrons. The van der Waals surface area contributed by atoms with Crippen molar-refractivity contribution in [1.82, 2.24) is 0 Å². The number of allylic oxidation sites excluding steroid dienone is 5. The minimum Gasteiger partial charge on any atom is -0.508 e. The van der Waals surface area contributed by atoms with Gasteiger partial charge in [-0.2, -0.15) is 0 Å². The highest BCUT2D eigenvalue weighted by Crippen LogP contribution is 2.43. The summed E-state index contributed by atoms with van der Waals surface area (Å²) in [5.74, 6) is -1.35. The maximum Gasteiger partial charge on any atom is 0.178 e. The van der Waals surface area contributed by atoms with Crippen LogP contribution < -0.4 is 5.19 Å². The molecule has 0 saturated carbocycles. The fraction of sp³-hybridized carbons (Fsp3) is 0.174. The zero-order chi connectivity index (χ0) is 21.1. The molecule has 2 aromatic rings. The standard InChI is InChI=1S/C23H20F2O3Si/c1-12-21(18(24)8-13(11-26)23(12)25)22-16-6-4-14(27)9-19(16)29(2,3)20-10-15(28)5-7-17(20)22/h4-10,26-27H,11H2,1-3H3. The van der Waals surface area contributed by atoms with Crippen molar-refractivity contribution >= 4 is 24.6 Å². The van der Waals surface area contributed by atoms with Gasteiger partial charge in [-0.15, -0.1) is 0 Å². The van der Waals surface area contributed by atoms with Crippen molar-refractivity contribution in [3.8, 4) is 5.75 Å². The summed E-state index contributed by atoms with van der Waals surface area (Å²) in [7, 11) is -2.37. The van der Waals surface area contributed by atoms with Crippen molar-refractivity contribution in [2.24, 2.45) is 0 Å². The molecule has 2 N–H and O–H groups in total. The van der Waals surface area contributed by atoms with Gasteiger partial charge in [0.2, 0.25) is 0 Å². The smallest absolute Gasteiger partial charge is 0.178 e. The molecule has 2 aromatic carbocycles. The first-order valence-corrected chi connectivity index (χ1v) is 12.3. The second-order valence-electron chi connectivity index (χ2n) is 7.93. The summed E-state index contributed by atoms with van der Waals surface area (Å²) < 4.78 is 30.0. The average molecular weight is 410 g/mol. The van der Waals surface area contributed by atoms with Crippen LogP contribution in [0.25, 0.3) is 5.57 Å². The molecule has 29 heavy (non-hydrogen) atoms. The first kappa shape index (κ1) is 19.5. The van der Waals surface area contributed by atoms with Gasteiger partial charge >= 0.3 is 0 Å². The maximum absolute atomic E-state index is 15.2. The molecule has 4 rings (SSSR count). The molecule has 1 aliphatic heterocycles. The fourth-order valence-corrected chi connectivity index (χ4v) is 7.39. The van der Waals surface area contributed by atoms with Gasteiger partial charge in [-0.3, -0.25) is 4.79 Å². The van der Waals surface area contributed by atoms with Crippen molar-refractivity contribution in [3.05, 3.63) is 87.2 Å². The molecule has 0 atom stereocenters. The van der Waals surface area contributed by atoms with E-state index in [1.165, 1.54) is 19.1 Å². The van der Waals surface area contributed by atoms with E-state index < -0.39 is 26.3 Å². The number of halogens is 2. The van der Waals surface area contributed by atoms with Crippen LogP contribution in [-0.4, -0.2) is 24.1 Å². The number of hydrogen-bond acceptors (Lipinski definition) is 3. The normalized spacial score (nSPS) is 17.2. The third kappa shape index (κ3) is 2.82. The van der Waals surface area contributed by atoms with E-state index in [4.69, 9.17) is 0 Å². The van der Waals surface area contributed by atoms with E-state index in [0.717, 1.165) is 22.0 Å². The van der Waals surface area contributed by atoms with Crippen LogP contribution in [0.5, 0.6) is 5.75 Å². The fourth-order valence-electron chi connectivity index (χ4n) is 4.33. The van der Waals surface area contributed by atoms with Gasteiger partial charge in [-0.05, 0) is 69.9 Å². The van der Waals surface area contributed by atoms with E-state index in [-0.39, 0.29) is 28.2 Å². The topological polar surface area (TPSA) is 57.5 Å². The number of carbonyl (C=O) groups is 1. The molecular formula is C23H20F2O3Si. The highest BCUT2D eigenvalue weighted by atomic mass is 28.3. The van der Waals surface area contributed by atoms with Crippen LogP contribution in [0.4, 0.5) is 8.78 Å². The SMILES string of the molecule is Cc1c(F)c(CO)cc(F)c1C1=C2C=CC(=O)C=C2[Si](C)(C)c2cc(O)ccc21. The van der Waals surface area contributed by atoms with Crippen LogP contribution >= 0.6 is 0 Å². The minimum absolute atomic E-state index is 0.0874. The minimum atomic E-state index is -2.37. The Labute approximate surface area is 168 Å². The van der Waals surface area contributed by atoms with E-state index >= 15 is 4.39 Å². The Kier molecular flexibility index (Phi) is 4.44. The van der Waals surface area contributed by atoms with E-state index in [9.17, 15) is 19.4 Å². The molecule has 0 saturated heterocycles. The van der Waals surface area contributed by atoms with Gasteiger partial charge in [0.15, 0.2) is 5.78 Å². The zero-order valence-corrected chi connectivity index (χ0v) is 17.3.